The predicted molar refractivity (Wildman–Crippen MR) is 69.9 cm³/mol. The average Bonchev–Trinajstić information content (AvgIpc) is 2.87. The van der Waals surface area contributed by atoms with Crippen LogP contribution in [-0.2, 0) is 11.2 Å². The van der Waals surface area contributed by atoms with Crippen LogP contribution in [0.3, 0.4) is 0 Å². The second kappa shape index (κ2) is 6.68. The van der Waals surface area contributed by atoms with Crippen LogP contribution < -0.4 is 0 Å². The van der Waals surface area contributed by atoms with E-state index in [1.165, 1.54) is 19.3 Å². The van der Waals surface area contributed by atoms with Gasteiger partial charge in [0.25, 0.3) is 0 Å². The number of hydrogen-bond donors (Lipinski definition) is 1. The molecular formula is C14H22N2O3. The molecule has 2 rings (SSSR count). The number of carboxylic acids is 1. The van der Waals surface area contributed by atoms with Crippen molar-refractivity contribution in [3.8, 4) is 0 Å². The van der Waals surface area contributed by atoms with Crippen LogP contribution >= 0.6 is 0 Å². The van der Waals surface area contributed by atoms with E-state index in [0.717, 1.165) is 24.6 Å². The van der Waals surface area contributed by atoms with Crippen molar-refractivity contribution in [2.75, 3.05) is 0 Å². The van der Waals surface area contributed by atoms with Gasteiger partial charge in [-0.1, -0.05) is 31.3 Å². The molecule has 0 amide bonds. The molecule has 5 heteroatoms. The molecule has 19 heavy (non-hydrogen) atoms. The minimum Gasteiger partial charge on any atom is -0.481 e. The molecule has 0 aromatic carbocycles. The molecule has 2 unspecified atom stereocenters. The Hall–Kier alpha value is -1.39. The molecule has 1 N–H and O–H groups in total. The van der Waals surface area contributed by atoms with Gasteiger partial charge in [-0.05, 0) is 25.2 Å². The molecule has 1 aliphatic rings. The van der Waals surface area contributed by atoms with Gasteiger partial charge in [0.2, 0.25) is 5.89 Å². The van der Waals surface area contributed by atoms with Gasteiger partial charge in [0.15, 0.2) is 5.82 Å². The third-order valence-corrected chi connectivity index (χ3v) is 3.99. The second-order valence-corrected chi connectivity index (χ2v) is 5.43. The van der Waals surface area contributed by atoms with Crippen LogP contribution in [0.15, 0.2) is 4.52 Å². The minimum atomic E-state index is -0.780. The number of carbonyl (C=O) groups is 1. The largest absolute Gasteiger partial charge is 0.481 e. The fourth-order valence-corrected chi connectivity index (χ4v) is 2.82. The summed E-state index contributed by atoms with van der Waals surface area (Å²) in [4.78, 5) is 14.9. The van der Waals surface area contributed by atoms with E-state index in [1.807, 2.05) is 0 Å². The molecule has 1 fully saturated rings. The van der Waals surface area contributed by atoms with Gasteiger partial charge in [-0.2, -0.15) is 4.98 Å². The average molecular weight is 266 g/mol. The molecule has 106 valence electrons. The number of aryl methyl sites for hydroxylation is 1. The highest BCUT2D eigenvalue weighted by Crippen LogP contribution is 2.36. The Morgan fingerprint density at radius 2 is 2.32 bits per heavy atom. The Morgan fingerprint density at radius 1 is 1.47 bits per heavy atom. The van der Waals surface area contributed by atoms with E-state index >= 15 is 0 Å². The molecule has 1 aromatic heterocycles. The zero-order chi connectivity index (χ0) is 13.7. The van der Waals surface area contributed by atoms with Crippen LogP contribution in [-0.4, -0.2) is 21.2 Å². The summed E-state index contributed by atoms with van der Waals surface area (Å²) in [6, 6.07) is 0. The highest BCUT2D eigenvalue weighted by atomic mass is 16.5. The molecule has 1 heterocycles. The van der Waals surface area contributed by atoms with Crippen molar-refractivity contribution in [1.82, 2.24) is 10.1 Å². The maximum Gasteiger partial charge on any atom is 0.303 e. The molecule has 2 atom stereocenters. The second-order valence-electron chi connectivity index (χ2n) is 5.43. The standard InChI is InChI=1S/C14H22N2O3/c1-2-10-5-3-6-11(9-10)14-15-12(19-16-14)7-4-8-13(17)18/h10-11H,2-9H2,1H3,(H,17,18). The highest BCUT2D eigenvalue weighted by Gasteiger charge is 2.25. The zero-order valence-corrected chi connectivity index (χ0v) is 11.5. The molecule has 0 saturated heterocycles. The lowest BCUT2D eigenvalue weighted by Crippen LogP contribution is -2.14. The van der Waals surface area contributed by atoms with E-state index in [0.29, 0.717) is 24.7 Å². The Balaban J connectivity index is 1.87. The summed E-state index contributed by atoms with van der Waals surface area (Å²) in [6.45, 7) is 2.24. The third-order valence-electron chi connectivity index (χ3n) is 3.99. The molecule has 1 aliphatic carbocycles. The van der Waals surface area contributed by atoms with Crippen molar-refractivity contribution in [1.29, 1.82) is 0 Å². The summed E-state index contributed by atoms with van der Waals surface area (Å²) < 4.78 is 5.21. The fourth-order valence-electron chi connectivity index (χ4n) is 2.82. The normalized spacial score (nSPS) is 23.4. The number of carboxylic acid groups (broad SMARTS) is 1. The van der Waals surface area contributed by atoms with Crippen molar-refractivity contribution in [3.05, 3.63) is 11.7 Å². The zero-order valence-electron chi connectivity index (χ0n) is 11.5. The topological polar surface area (TPSA) is 76.2 Å². The summed E-state index contributed by atoms with van der Waals surface area (Å²) >= 11 is 0. The first-order valence-electron chi connectivity index (χ1n) is 7.23. The summed E-state index contributed by atoms with van der Waals surface area (Å²) in [5.74, 6) is 1.83. The summed E-state index contributed by atoms with van der Waals surface area (Å²) in [7, 11) is 0. The molecule has 0 aliphatic heterocycles. The van der Waals surface area contributed by atoms with E-state index in [1.54, 1.807) is 0 Å². The van der Waals surface area contributed by atoms with Crippen LogP contribution in [0.5, 0.6) is 0 Å². The van der Waals surface area contributed by atoms with E-state index < -0.39 is 5.97 Å². The Labute approximate surface area is 113 Å². The maximum atomic E-state index is 10.4. The number of rotatable bonds is 6. The smallest absolute Gasteiger partial charge is 0.303 e. The van der Waals surface area contributed by atoms with Gasteiger partial charge in [-0.25, -0.2) is 0 Å². The SMILES string of the molecule is CCC1CCCC(c2noc(CCCC(=O)O)n2)C1. The molecule has 1 saturated carbocycles. The number of hydrogen-bond acceptors (Lipinski definition) is 4. The molecule has 5 nitrogen and oxygen atoms in total. The third kappa shape index (κ3) is 4.04. The van der Waals surface area contributed by atoms with Gasteiger partial charge in [-0.3, -0.25) is 4.79 Å². The van der Waals surface area contributed by atoms with E-state index in [9.17, 15) is 4.79 Å². The Bertz CT molecular complexity index is 417. The quantitative estimate of drug-likeness (QED) is 0.855. The summed E-state index contributed by atoms with van der Waals surface area (Å²) in [5.41, 5.74) is 0. The maximum absolute atomic E-state index is 10.4. The molecular weight excluding hydrogens is 244 g/mol. The lowest BCUT2D eigenvalue weighted by atomic mass is 9.80. The number of nitrogens with zero attached hydrogens (tertiary/aromatic N) is 2. The van der Waals surface area contributed by atoms with Gasteiger partial charge >= 0.3 is 5.97 Å². The number of aromatic nitrogens is 2. The van der Waals surface area contributed by atoms with Crippen LogP contribution in [0.2, 0.25) is 0 Å². The van der Waals surface area contributed by atoms with Crippen LogP contribution in [0, 0.1) is 5.92 Å². The summed E-state index contributed by atoms with van der Waals surface area (Å²) in [6.07, 6.45) is 7.35. The predicted octanol–water partition coefficient (Wildman–Crippen LogP) is 3.16. The van der Waals surface area contributed by atoms with Crippen molar-refractivity contribution in [3.63, 3.8) is 0 Å². The highest BCUT2D eigenvalue weighted by molar-refractivity contribution is 5.66. The van der Waals surface area contributed by atoms with Gasteiger partial charge in [-0.15, -0.1) is 0 Å². The monoisotopic (exact) mass is 266 g/mol. The van der Waals surface area contributed by atoms with E-state index in [2.05, 4.69) is 17.1 Å². The van der Waals surface area contributed by atoms with Gasteiger partial charge < -0.3 is 9.63 Å². The molecule has 1 aromatic rings. The van der Waals surface area contributed by atoms with E-state index in [4.69, 9.17) is 9.63 Å². The van der Waals surface area contributed by atoms with Crippen molar-refractivity contribution < 1.29 is 14.4 Å². The van der Waals surface area contributed by atoms with Crippen LogP contribution in [0.25, 0.3) is 0 Å². The lowest BCUT2D eigenvalue weighted by molar-refractivity contribution is -0.137. The Morgan fingerprint density at radius 3 is 3.05 bits per heavy atom. The van der Waals surface area contributed by atoms with E-state index in [-0.39, 0.29) is 6.42 Å². The molecule has 0 radical (unpaired) electrons. The minimum absolute atomic E-state index is 0.152. The van der Waals surface area contributed by atoms with Crippen LogP contribution in [0.4, 0.5) is 0 Å². The first-order valence-corrected chi connectivity index (χ1v) is 7.23. The number of aliphatic carboxylic acids is 1. The van der Waals surface area contributed by atoms with Gasteiger partial charge in [0, 0.05) is 18.8 Å². The fraction of sp³-hybridized carbons (Fsp3) is 0.786. The first-order chi connectivity index (χ1) is 9.19. The molecule has 0 bridgehead atoms. The Kier molecular flexibility index (Phi) is 4.93. The van der Waals surface area contributed by atoms with Gasteiger partial charge in [0.05, 0.1) is 0 Å². The summed E-state index contributed by atoms with van der Waals surface area (Å²) in [5, 5.41) is 12.7. The van der Waals surface area contributed by atoms with Crippen molar-refractivity contribution >= 4 is 5.97 Å². The molecule has 0 spiro atoms. The van der Waals surface area contributed by atoms with Crippen LogP contribution in [0.1, 0.15) is 69.5 Å². The van der Waals surface area contributed by atoms with Gasteiger partial charge in [0.1, 0.15) is 0 Å². The first kappa shape index (κ1) is 14.0. The van der Waals surface area contributed by atoms with Crippen molar-refractivity contribution in [2.24, 2.45) is 5.92 Å². The van der Waals surface area contributed by atoms with Crippen molar-refractivity contribution in [2.45, 2.75) is 64.2 Å². The lowest BCUT2D eigenvalue weighted by Gasteiger charge is -2.26.